The van der Waals surface area contributed by atoms with Gasteiger partial charge in [-0.2, -0.15) is 0 Å². The van der Waals surface area contributed by atoms with E-state index in [0.29, 0.717) is 30.9 Å². The van der Waals surface area contributed by atoms with Gasteiger partial charge >= 0.3 is 0 Å². The number of piperazine rings is 1. The van der Waals surface area contributed by atoms with Crippen LogP contribution < -0.4 is 18.5 Å². The van der Waals surface area contributed by atoms with Crippen molar-refractivity contribution in [2.24, 2.45) is 0 Å². The number of hydrogen-bond donors (Lipinski definition) is 0. The van der Waals surface area contributed by atoms with Crippen LogP contribution in [0.15, 0.2) is 42.5 Å². The van der Waals surface area contributed by atoms with E-state index in [-0.39, 0.29) is 12.7 Å². The zero-order valence-corrected chi connectivity index (χ0v) is 20.6. The van der Waals surface area contributed by atoms with Gasteiger partial charge in [0, 0.05) is 39.8 Å². The van der Waals surface area contributed by atoms with Gasteiger partial charge in [-0.05, 0) is 48.4 Å². The van der Waals surface area contributed by atoms with Crippen LogP contribution >= 0.6 is 0 Å². The van der Waals surface area contributed by atoms with Crippen molar-refractivity contribution in [3.05, 3.63) is 48.0 Å². The number of nitrogens with zero attached hydrogens (tertiary/aromatic N) is 3. The van der Waals surface area contributed by atoms with Crippen LogP contribution in [0.3, 0.4) is 0 Å². The summed E-state index contributed by atoms with van der Waals surface area (Å²) in [6.07, 6.45) is 1.11. The second-order valence-corrected chi connectivity index (χ2v) is 10.5. The van der Waals surface area contributed by atoms with Gasteiger partial charge in [-0.1, -0.05) is 13.0 Å². The Hall–Kier alpha value is -2.98. The first-order valence-corrected chi connectivity index (χ1v) is 13.2. The van der Waals surface area contributed by atoms with Crippen LogP contribution in [0.25, 0.3) is 0 Å². The van der Waals surface area contributed by atoms with Crippen molar-refractivity contribution < 1.29 is 27.4 Å². The van der Waals surface area contributed by atoms with Crippen LogP contribution in [-0.4, -0.2) is 76.5 Å². The predicted molar refractivity (Wildman–Crippen MR) is 129 cm³/mol. The van der Waals surface area contributed by atoms with Crippen LogP contribution in [0.4, 0.5) is 5.69 Å². The Morgan fingerprint density at radius 3 is 2.38 bits per heavy atom. The van der Waals surface area contributed by atoms with E-state index in [9.17, 15) is 13.2 Å². The van der Waals surface area contributed by atoms with Crippen LogP contribution in [0.1, 0.15) is 18.9 Å². The zero-order chi connectivity index (χ0) is 24.3. The molecule has 4 rings (SSSR count). The van der Waals surface area contributed by atoms with Crippen molar-refractivity contribution in [2.75, 3.05) is 50.6 Å². The number of rotatable bonds is 8. The molecular formula is C24H31N3O6S. The van der Waals surface area contributed by atoms with E-state index in [2.05, 4.69) is 4.90 Å². The van der Waals surface area contributed by atoms with Crippen molar-refractivity contribution in [3.8, 4) is 17.2 Å². The molecule has 0 saturated carbocycles. The van der Waals surface area contributed by atoms with Gasteiger partial charge < -0.3 is 19.1 Å². The number of benzene rings is 2. The third-order valence-corrected chi connectivity index (χ3v) is 7.36. The normalized spacial score (nSPS) is 16.9. The molecule has 0 aromatic heterocycles. The average molecular weight is 490 g/mol. The van der Waals surface area contributed by atoms with Gasteiger partial charge in [-0.15, -0.1) is 0 Å². The topological polar surface area (TPSA) is 88.6 Å². The molecule has 0 unspecified atom stereocenters. The molecule has 2 aliphatic rings. The minimum absolute atomic E-state index is 0.0254. The molecule has 2 aromatic rings. The average Bonchev–Trinajstić information content (AvgIpc) is 3.30. The third-order valence-electron chi connectivity index (χ3n) is 6.15. The highest BCUT2D eigenvalue weighted by Crippen LogP contribution is 2.33. The molecule has 2 aromatic carbocycles. The largest absolute Gasteiger partial charge is 0.481 e. The van der Waals surface area contributed by atoms with Crippen LogP contribution in [0.2, 0.25) is 0 Å². The van der Waals surface area contributed by atoms with Crippen molar-refractivity contribution in [1.82, 2.24) is 9.80 Å². The first-order valence-electron chi connectivity index (χ1n) is 11.3. The molecule has 1 amide bonds. The Morgan fingerprint density at radius 2 is 1.74 bits per heavy atom. The maximum Gasteiger partial charge on any atom is 0.263 e. The molecule has 0 bridgehead atoms. The van der Waals surface area contributed by atoms with Crippen LogP contribution in [-0.2, 0) is 21.4 Å². The van der Waals surface area contributed by atoms with E-state index in [0.717, 1.165) is 43.0 Å². The number of hydrogen-bond acceptors (Lipinski definition) is 7. The first-order chi connectivity index (χ1) is 16.2. The van der Waals surface area contributed by atoms with Crippen molar-refractivity contribution in [2.45, 2.75) is 26.0 Å². The summed E-state index contributed by atoms with van der Waals surface area (Å²) in [5, 5.41) is 0. The lowest BCUT2D eigenvalue weighted by Crippen LogP contribution is -2.52. The quantitative estimate of drug-likeness (QED) is 0.562. The van der Waals surface area contributed by atoms with E-state index >= 15 is 0 Å². The molecule has 0 N–H and O–H groups in total. The lowest BCUT2D eigenvalue weighted by molar-refractivity contribution is -0.140. The fourth-order valence-electron chi connectivity index (χ4n) is 4.03. The summed E-state index contributed by atoms with van der Waals surface area (Å²) >= 11 is 0. The van der Waals surface area contributed by atoms with Gasteiger partial charge in [0.1, 0.15) is 5.75 Å². The summed E-state index contributed by atoms with van der Waals surface area (Å²) in [5.41, 5.74) is 1.69. The summed E-state index contributed by atoms with van der Waals surface area (Å²) in [4.78, 5) is 17.3. The van der Waals surface area contributed by atoms with Gasteiger partial charge in [0.15, 0.2) is 17.6 Å². The molecule has 10 heteroatoms. The van der Waals surface area contributed by atoms with E-state index < -0.39 is 16.1 Å². The summed E-state index contributed by atoms with van der Waals surface area (Å²) in [7, 11) is -1.84. The summed E-state index contributed by atoms with van der Waals surface area (Å²) in [6.45, 7) is 5.82. The maximum absolute atomic E-state index is 13.1. The molecule has 1 atom stereocenters. The Labute approximate surface area is 200 Å². The number of carbonyl (C=O) groups excluding carboxylic acids is 1. The molecule has 2 aliphatic heterocycles. The van der Waals surface area contributed by atoms with E-state index in [1.807, 2.05) is 30.0 Å². The number of anilines is 1. The molecule has 184 valence electrons. The Bertz CT molecular complexity index is 1110. The van der Waals surface area contributed by atoms with E-state index in [1.54, 1.807) is 24.3 Å². The number of sulfonamides is 1. The third kappa shape index (κ3) is 5.56. The molecule has 2 heterocycles. The molecule has 0 spiro atoms. The van der Waals surface area contributed by atoms with E-state index in [4.69, 9.17) is 14.2 Å². The van der Waals surface area contributed by atoms with Crippen LogP contribution in [0, 0.1) is 0 Å². The Kier molecular flexibility index (Phi) is 7.18. The van der Waals surface area contributed by atoms with Crippen molar-refractivity contribution in [1.29, 1.82) is 0 Å². The first kappa shape index (κ1) is 24.2. The van der Waals surface area contributed by atoms with Gasteiger partial charge in [0.2, 0.25) is 16.8 Å². The molecule has 34 heavy (non-hydrogen) atoms. The van der Waals surface area contributed by atoms with Crippen LogP contribution in [0.5, 0.6) is 17.2 Å². The minimum atomic E-state index is -3.34. The number of ether oxygens (including phenoxy) is 3. The van der Waals surface area contributed by atoms with Gasteiger partial charge in [0.05, 0.1) is 11.9 Å². The highest BCUT2D eigenvalue weighted by atomic mass is 32.2. The Balaban J connectivity index is 1.30. The molecular weight excluding hydrogens is 458 g/mol. The predicted octanol–water partition coefficient (Wildman–Crippen LogP) is 2.31. The lowest BCUT2D eigenvalue weighted by atomic mass is 10.1. The molecule has 1 fully saturated rings. The second kappa shape index (κ2) is 10.1. The van der Waals surface area contributed by atoms with E-state index in [1.165, 1.54) is 11.4 Å². The summed E-state index contributed by atoms with van der Waals surface area (Å²) in [5.74, 6) is 2.07. The number of amides is 1. The SMILES string of the molecule is CC[C@@H](Oc1ccc(N(C)S(C)(=O)=O)cc1)C(=O)N1CCN(Cc2ccc3c(c2)OCO3)CC1. The van der Waals surface area contributed by atoms with Gasteiger partial charge in [-0.3, -0.25) is 14.0 Å². The summed E-state index contributed by atoms with van der Waals surface area (Å²) < 4.78 is 41.4. The fraction of sp³-hybridized carbons (Fsp3) is 0.458. The Morgan fingerprint density at radius 1 is 1.06 bits per heavy atom. The monoisotopic (exact) mass is 489 g/mol. The molecule has 0 aliphatic carbocycles. The summed E-state index contributed by atoms with van der Waals surface area (Å²) in [6, 6.07) is 12.7. The second-order valence-electron chi connectivity index (χ2n) is 8.53. The zero-order valence-electron chi connectivity index (χ0n) is 19.8. The standard InChI is InChI=1S/C24H31N3O6S/c1-4-21(33-20-8-6-19(7-9-20)25(2)34(3,29)30)24(28)27-13-11-26(12-14-27)16-18-5-10-22-23(15-18)32-17-31-22/h5-10,15,21H,4,11-14,16-17H2,1-3H3/t21-/m1/s1. The highest BCUT2D eigenvalue weighted by molar-refractivity contribution is 7.92. The van der Waals surface area contributed by atoms with Crippen molar-refractivity contribution in [3.63, 3.8) is 0 Å². The van der Waals surface area contributed by atoms with Gasteiger partial charge in [0.25, 0.3) is 5.91 Å². The highest BCUT2D eigenvalue weighted by Gasteiger charge is 2.28. The van der Waals surface area contributed by atoms with Gasteiger partial charge in [-0.25, -0.2) is 8.42 Å². The number of carbonyl (C=O) groups is 1. The maximum atomic E-state index is 13.1. The molecule has 0 radical (unpaired) electrons. The van der Waals surface area contributed by atoms with Crippen molar-refractivity contribution >= 4 is 21.6 Å². The molecule has 1 saturated heterocycles. The number of fused-ring (bicyclic) bond motifs is 1. The smallest absolute Gasteiger partial charge is 0.263 e. The fourth-order valence-corrected chi connectivity index (χ4v) is 4.53. The minimum Gasteiger partial charge on any atom is -0.481 e. The lowest BCUT2D eigenvalue weighted by Gasteiger charge is -2.36. The molecule has 9 nitrogen and oxygen atoms in total.